The van der Waals surface area contributed by atoms with E-state index in [4.69, 9.17) is 4.42 Å². The van der Waals surface area contributed by atoms with Crippen LogP contribution in [0, 0.1) is 6.92 Å². The van der Waals surface area contributed by atoms with Crippen molar-refractivity contribution in [3.05, 3.63) is 77.3 Å². The van der Waals surface area contributed by atoms with E-state index in [1.807, 2.05) is 49.4 Å². The smallest absolute Gasteiger partial charge is 0.296 e. The average molecular weight is 401 g/mol. The van der Waals surface area contributed by atoms with Crippen LogP contribution in [0.4, 0.5) is 0 Å². The summed E-state index contributed by atoms with van der Waals surface area (Å²) in [5.41, 5.74) is 0.656. The number of amides is 1. The third kappa shape index (κ3) is 2.84. The maximum atomic E-state index is 13.2. The predicted molar refractivity (Wildman–Crippen MR) is 114 cm³/mol. The predicted octanol–water partition coefficient (Wildman–Crippen LogP) is 5.11. The highest BCUT2D eigenvalue weighted by atomic mass is 16.3. The van der Waals surface area contributed by atoms with Crippen molar-refractivity contribution >= 4 is 28.2 Å². The van der Waals surface area contributed by atoms with Crippen LogP contribution in [0.15, 0.2) is 64.6 Å². The third-order valence-corrected chi connectivity index (χ3v) is 6.27. The normalized spacial score (nSPS) is 21.8. The summed E-state index contributed by atoms with van der Waals surface area (Å²) in [5, 5.41) is 13.1. The van der Waals surface area contributed by atoms with Crippen LogP contribution >= 0.6 is 0 Å². The van der Waals surface area contributed by atoms with E-state index in [0.717, 1.165) is 36.5 Å². The van der Waals surface area contributed by atoms with E-state index in [0.29, 0.717) is 17.1 Å². The number of likely N-dealkylation sites (tertiary alicyclic amines) is 1. The quantitative estimate of drug-likeness (QED) is 0.376. The molecule has 0 spiro atoms. The molecule has 30 heavy (non-hydrogen) atoms. The lowest BCUT2D eigenvalue weighted by Crippen LogP contribution is -2.37. The number of rotatable bonds is 3. The van der Waals surface area contributed by atoms with Crippen LogP contribution in [-0.2, 0) is 9.59 Å². The molecule has 2 aromatic carbocycles. The number of carbonyl (C=O) groups is 2. The summed E-state index contributed by atoms with van der Waals surface area (Å²) in [7, 11) is 0. The molecule has 2 heterocycles. The molecule has 1 saturated heterocycles. The first-order chi connectivity index (χ1) is 14.6. The van der Waals surface area contributed by atoms with Gasteiger partial charge in [0.1, 0.15) is 23.3 Å². The van der Waals surface area contributed by atoms with E-state index in [-0.39, 0.29) is 17.4 Å². The summed E-state index contributed by atoms with van der Waals surface area (Å²) in [6.45, 7) is 1.83. The maximum Gasteiger partial charge on any atom is 0.296 e. The van der Waals surface area contributed by atoms with Gasteiger partial charge in [-0.25, -0.2) is 0 Å². The molecule has 5 rings (SSSR count). The summed E-state index contributed by atoms with van der Waals surface area (Å²) < 4.78 is 5.87. The summed E-state index contributed by atoms with van der Waals surface area (Å²) in [6, 6.07) is 16.2. The summed E-state index contributed by atoms with van der Waals surface area (Å²) in [4.78, 5) is 27.9. The monoisotopic (exact) mass is 401 g/mol. The van der Waals surface area contributed by atoms with Crippen molar-refractivity contribution < 1.29 is 19.1 Å². The molecular weight excluding hydrogens is 378 g/mol. The fraction of sp³-hybridized carbons (Fsp3) is 0.280. The molecule has 2 aliphatic rings. The second-order valence-electron chi connectivity index (χ2n) is 8.12. The number of fused-ring (bicyclic) bond motifs is 1. The van der Waals surface area contributed by atoms with Gasteiger partial charge < -0.3 is 14.4 Å². The number of aliphatic hydroxyl groups excluding tert-OH is 1. The number of hydrogen-bond donors (Lipinski definition) is 1. The van der Waals surface area contributed by atoms with Crippen LogP contribution < -0.4 is 0 Å². The van der Waals surface area contributed by atoms with E-state index in [9.17, 15) is 14.7 Å². The van der Waals surface area contributed by atoms with Crippen LogP contribution in [0.3, 0.4) is 0 Å². The zero-order valence-corrected chi connectivity index (χ0v) is 16.8. The van der Waals surface area contributed by atoms with Gasteiger partial charge in [-0.15, -0.1) is 0 Å². The molecule has 2 fully saturated rings. The maximum absolute atomic E-state index is 13.2. The van der Waals surface area contributed by atoms with Crippen molar-refractivity contribution in [2.75, 3.05) is 0 Å². The minimum atomic E-state index is -0.708. The molecule has 5 heteroatoms. The Labute approximate surface area is 174 Å². The molecular formula is C25H23NO4. The van der Waals surface area contributed by atoms with E-state index in [1.54, 1.807) is 17.0 Å². The van der Waals surface area contributed by atoms with E-state index >= 15 is 0 Å². The number of nitrogens with zero attached hydrogens (tertiary/aromatic N) is 1. The highest BCUT2D eigenvalue weighted by Gasteiger charge is 2.50. The number of aliphatic hydroxyl groups is 1. The van der Waals surface area contributed by atoms with Gasteiger partial charge in [0, 0.05) is 11.6 Å². The molecule has 1 aliphatic carbocycles. The third-order valence-electron chi connectivity index (χ3n) is 6.27. The second kappa shape index (κ2) is 7.17. The van der Waals surface area contributed by atoms with Gasteiger partial charge in [0.2, 0.25) is 0 Å². The fourth-order valence-corrected chi connectivity index (χ4v) is 4.87. The number of benzene rings is 2. The van der Waals surface area contributed by atoms with E-state index in [1.165, 1.54) is 0 Å². The molecule has 1 N–H and O–H groups in total. The molecule has 1 atom stereocenters. The first-order valence-corrected chi connectivity index (χ1v) is 10.4. The number of Topliss-reactive ketones (excluding diaryl/α,β-unsaturated/α-hetero) is 1. The Balaban J connectivity index is 1.73. The Morgan fingerprint density at radius 3 is 2.47 bits per heavy atom. The van der Waals surface area contributed by atoms with E-state index in [2.05, 4.69) is 0 Å². The average Bonchev–Trinajstić information content (AvgIpc) is 3.48. The van der Waals surface area contributed by atoms with Gasteiger partial charge in [0.15, 0.2) is 0 Å². The van der Waals surface area contributed by atoms with Crippen molar-refractivity contribution in [1.29, 1.82) is 0 Å². The van der Waals surface area contributed by atoms with Crippen molar-refractivity contribution in [2.45, 2.75) is 44.7 Å². The molecule has 1 saturated carbocycles. The highest BCUT2D eigenvalue weighted by molar-refractivity contribution is 6.46. The first kappa shape index (κ1) is 18.7. The fourth-order valence-electron chi connectivity index (χ4n) is 4.87. The van der Waals surface area contributed by atoms with Crippen LogP contribution in [-0.4, -0.2) is 27.7 Å². The number of aryl methyl sites for hydroxylation is 1. The molecule has 1 amide bonds. The molecule has 1 aromatic heterocycles. The Morgan fingerprint density at radius 1 is 1.00 bits per heavy atom. The van der Waals surface area contributed by atoms with Crippen LogP contribution in [0.2, 0.25) is 0 Å². The molecule has 0 bridgehead atoms. The molecule has 0 radical (unpaired) electrons. The summed E-state index contributed by atoms with van der Waals surface area (Å²) in [5.74, 6) is -0.133. The van der Waals surface area contributed by atoms with Gasteiger partial charge >= 0.3 is 0 Å². The Morgan fingerprint density at radius 2 is 1.73 bits per heavy atom. The van der Waals surface area contributed by atoms with Crippen molar-refractivity contribution in [1.82, 2.24) is 4.90 Å². The zero-order valence-electron chi connectivity index (χ0n) is 16.8. The number of hydrogen-bond acceptors (Lipinski definition) is 4. The Bertz CT molecular complexity index is 1180. The number of ketones is 1. The zero-order chi connectivity index (χ0) is 20.8. The Kier molecular flexibility index (Phi) is 4.46. The standard InChI is InChI=1S/C25H23NO4/c1-15-13-14-20(30-15)22-21(24(28)25(29)26(22)17-9-3-4-10-17)23(27)19-12-6-8-16-7-2-5-11-18(16)19/h2,5-8,11-14,17,22,27H,3-4,9-10H2,1H3/b23-21-. The van der Waals surface area contributed by atoms with Crippen molar-refractivity contribution in [2.24, 2.45) is 0 Å². The highest BCUT2D eigenvalue weighted by Crippen LogP contribution is 2.44. The van der Waals surface area contributed by atoms with Gasteiger partial charge in [-0.3, -0.25) is 9.59 Å². The van der Waals surface area contributed by atoms with E-state index < -0.39 is 17.7 Å². The van der Waals surface area contributed by atoms with Gasteiger partial charge in [-0.2, -0.15) is 0 Å². The molecule has 1 aliphatic heterocycles. The first-order valence-electron chi connectivity index (χ1n) is 10.4. The van der Waals surface area contributed by atoms with Crippen LogP contribution in [0.25, 0.3) is 16.5 Å². The SMILES string of the molecule is Cc1ccc(C2/C(=C(/O)c3cccc4ccccc34)C(=O)C(=O)N2C2CCCC2)o1. The Hall–Kier alpha value is -3.34. The molecule has 5 nitrogen and oxygen atoms in total. The molecule has 1 unspecified atom stereocenters. The van der Waals surface area contributed by atoms with Crippen molar-refractivity contribution in [3.63, 3.8) is 0 Å². The number of furan rings is 1. The molecule has 152 valence electrons. The number of carbonyl (C=O) groups excluding carboxylic acids is 2. The van der Waals surface area contributed by atoms with Gasteiger partial charge in [-0.05, 0) is 42.7 Å². The lowest BCUT2D eigenvalue weighted by atomic mass is 9.95. The van der Waals surface area contributed by atoms with Crippen LogP contribution in [0.1, 0.15) is 48.8 Å². The lowest BCUT2D eigenvalue weighted by Gasteiger charge is -2.29. The van der Waals surface area contributed by atoms with Gasteiger partial charge in [-0.1, -0.05) is 55.3 Å². The summed E-state index contributed by atoms with van der Waals surface area (Å²) >= 11 is 0. The second-order valence-corrected chi connectivity index (χ2v) is 8.12. The summed E-state index contributed by atoms with van der Waals surface area (Å²) in [6.07, 6.45) is 3.77. The van der Waals surface area contributed by atoms with Crippen molar-refractivity contribution in [3.8, 4) is 0 Å². The minimum absolute atomic E-state index is 0.0188. The molecule has 3 aromatic rings. The van der Waals surface area contributed by atoms with Crippen LogP contribution in [0.5, 0.6) is 0 Å². The lowest BCUT2D eigenvalue weighted by molar-refractivity contribution is -0.141. The topological polar surface area (TPSA) is 70.8 Å². The van der Waals surface area contributed by atoms with Gasteiger partial charge in [0.05, 0.1) is 5.57 Å². The van der Waals surface area contributed by atoms with Gasteiger partial charge in [0.25, 0.3) is 11.7 Å². The minimum Gasteiger partial charge on any atom is -0.507 e. The largest absolute Gasteiger partial charge is 0.507 e.